The quantitative estimate of drug-likeness (QED) is 0.450. The van der Waals surface area contributed by atoms with Crippen molar-refractivity contribution in [1.29, 1.82) is 0 Å². The van der Waals surface area contributed by atoms with Gasteiger partial charge in [-0.3, -0.25) is 18.9 Å². The van der Waals surface area contributed by atoms with Crippen LogP contribution in [-0.4, -0.2) is 56.3 Å². The molecule has 1 aliphatic rings. The summed E-state index contributed by atoms with van der Waals surface area (Å²) >= 11 is 2.90. The molecule has 1 saturated heterocycles. The van der Waals surface area contributed by atoms with Gasteiger partial charge in [-0.1, -0.05) is 0 Å². The van der Waals surface area contributed by atoms with Gasteiger partial charge in [-0.15, -0.1) is 22.7 Å². The summed E-state index contributed by atoms with van der Waals surface area (Å²) in [6, 6.07) is 7.78. The minimum absolute atomic E-state index is 0.0528. The zero-order valence-corrected chi connectivity index (χ0v) is 18.7. The fraction of sp³-hybridized carbons (Fsp3) is 0.273. The summed E-state index contributed by atoms with van der Waals surface area (Å²) in [5, 5.41) is 4.52. The monoisotopic (exact) mass is 469 g/mol. The molecule has 164 valence electrons. The van der Waals surface area contributed by atoms with Gasteiger partial charge in [-0.05, 0) is 24.3 Å². The first kappa shape index (κ1) is 20.9. The number of piperazine rings is 1. The maximum atomic E-state index is 13.1. The molecule has 0 bridgehead atoms. The number of thiazole rings is 2. The van der Waals surface area contributed by atoms with E-state index < -0.39 is 0 Å². The molecule has 0 radical (unpaired) electrons. The van der Waals surface area contributed by atoms with Crippen LogP contribution in [0.2, 0.25) is 0 Å². The first-order chi connectivity index (χ1) is 15.5. The zero-order chi connectivity index (χ0) is 22.1. The van der Waals surface area contributed by atoms with Crippen molar-refractivity contribution >= 4 is 33.5 Å². The van der Waals surface area contributed by atoms with Crippen molar-refractivity contribution in [2.24, 2.45) is 0 Å². The number of carbonyl (C=O) groups excluding carboxylic acids is 1. The van der Waals surface area contributed by atoms with Crippen LogP contribution < -0.4 is 5.56 Å². The topological polar surface area (TPSA) is 70.8 Å². The van der Waals surface area contributed by atoms with E-state index in [1.807, 2.05) is 15.7 Å². The Bertz CT molecular complexity index is 1310. The van der Waals surface area contributed by atoms with Gasteiger partial charge < -0.3 is 4.90 Å². The van der Waals surface area contributed by atoms with Gasteiger partial charge in [0.05, 0.1) is 17.8 Å². The van der Waals surface area contributed by atoms with Gasteiger partial charge in [0.1, 0.15) is 10.8 Å². The molecule has 32 heavy (non-hydrogen) atoms. The molecule has 1 aliphatic heterocycles. The van der Waals surface area contributed by atoms with Crippen LogP contribution in [0, 0.1) is 5.82 Å². The fourth-order valence-corrected chi connectivity index (χ4v) is 5.30. The van der Waals surface area contributed by atoms with Crippen molar-refractivity contribution in [3.8, 4) is 10.6 Å². The SMILES string of the molecule is O=C(Cc1csc(-c2ccc(F)cc2)n1)N1CCN(Cc2cc(=O)n3ccsc3n2)CC1. The largest absolute Gasteiger partial charge is 0.340 e. The van der Waals surface area contributed by atoms with E-state index in [4.69, 9.17) is 0 Å². The lowest BCUT2D eigenvalue weighted by atomic mass is 10.2. The second-order valence-corrected chi connectivity index (χ2v) is 9.36. The molecular formula is C22H20FN5O2S2. The molecule has 10 heteroatoms. The van der Waals surface area contributed by atoms with Crippen molar-refractivity contribution in [3.63, 3.8) is 0 Å². The average molecular weight is 470 g/mol. The molecule has 0 aliphatic carbocycles. The number of aromatic nitrogens is 3. The second kappa shape index (κ2) is 8.89. The average Bonchev–Trinajstić information content (AvgIpc) is 3.45. The first-order valence-electron chi connectivity index (χ1n) is 10.2. The lowest BCUT2D eigenvalue weighted by Gasteiger charge is -2.34. The van der Waals surface area contributed by atoms with E-state index >= 15 is 0 Å². The molecule has 0 atom stereocenters. The standard InChI is InChI=1S/C22H20FN5O2S2/c23-16-3-1-15(2-4-16)21-24-18(14-32-21)12-19(29)27-7-5-26(6-8-27)13-17-11-20(30)28-9-10-31-22(28)25-17/h1-4,9-11,14H,5-8,12-13H2. The molecule has 3 aromatic heterocycles. The number of hydrogen-bond acceptors (Lipinski definition) is 7. The van der Waals surface area contributed by atoms with Crippen LogP contribution in [0.5, 0.6) is 0 Å². The van der Waals surface area contributed by atoms with Crippen LogP contribution in [-0.2, 0) is 17.8 Å². The summed E-state index contributed by atoms with van der Waals surface area (Å²) in [6.45, 7) is 3.32. The highest BCUT2D eigenvalue weighted by Crippen LogP contribution is 2.24. The van der Waals surface area contributed by atoms with Gasteiger partial charge in [-0.25, -0.2) is 14.4 Å². The molecule has 0 spiro atoms. The molecule has 0 N–H and O–H groups in total. The summed E-state index contributed by atoms with van der Waals surface area (Å²) in [6.07, 6.45) is 1.99. The van der Waals surface area contributed by atoms with E-state index in [1.54, 1.807) is 28.8 Å². The number of benzene rings is 1. The van der Waals surface area contributed by atoms with E-state index in [0.29, 0.717) is 24.6 Å². The van der Waals surface area contributed by atoms with Crippen LogP contribution in [0.1, 0.15) is 11.4 Å². The van der Waals surface area contributed by atoms with Gasteiger partial charge in [0, 0.05) is 61.3 Å². The first-order valence-corrected chi connectivity index (χ1v) is 12.0. The number of hydrogen-bond donors (Lipinski definition) is 0. The summed E-state index contributed by atoms with van der Waals surface area (Å²) in [4.78, 5) is 38.8. The molecular weight excluding hydrogens is 449 g/mol. The maximum Gasteiger partial charge on any atom is 0.258 e. The fourth-order valence-electron chi connectivity index (χ4n) is 3.73. The molecule has 0 unspecified atom stereocenters. The number of amides is 1. The smallest absolute Gasteiger partial charge is 0.258 e. The Hall–Kier alpha value is -2.95. The van der Waals surface area contributed by atoms with Gasteiger partial charge in [0.15, 0.2) is 4.96 Å². The van der Waals surface area contributed by atoms with Crippen LogP contribution in [0.25, 0.3) is 15.5 Å². The third-order valence-corrected chi connectivity index (χ3v) is 7.14. The third kappa shape index (κ3) is 4.47. The normalized spacial score (nSPS) is 14.8. The predicted octanol–water partition coefficient (Wildman–Crippen LogP) is 2.91. The molecule has 5 rings (SSSR count). The highest BCUT2D eigenvalue weighted by molar-refractivity contribution is 7.15. The van der Waals surface area contributed by atoms with Crippen molar-refractivity contribution in [2.75, 3.05) is 26.2 Å². The number of fused-ring (bicyclic) bond motifs is 1. The van der Waals surface area contributed by atoms with Gasteiger partial charge in [0.25, 0.3) is 5.56 Å². The molecule has 1 amide bonds. The van der Waals surface area contributed by atoms with Gasteiger partial charge in [-0.2, -0.15) is 0 Å². The minimum Gasteiger partial charge on any atom is -0.340 e. The Morgan fingerprint density at radius 2 is 1.81 bits per heavy atom. The van der Waals surface area contributed by atoms with Crippen molar-refractivity contribution in [3.05, 3.63) is 74.8 Å². The maximum absolute atomic E-state index is 13.1. The Morgan fingerprint density at radius 1 is 1.03 bits per heavy atom. The van der Waals surface area contributed by atoms with Crippen molar-refractivity contribution < 1.29 is 9.18 Å². The third-order valence-electron chi connectivity index (χ3n) is 5.44. The number of nitrogens with zero attached hydrogens (tertiary/aromatic N) is 5. The van der Waals surface area contributed by atoms with Crippen LogP contribution in [0.15, 0.2) is 52.1 Å². The predicted molar refractivity (Wildman–Crippen MR) is 122 cm³/mol. The van der Waals surface area contributed by atoms with E-state index in [-0.39, 0.29) is 23.7 Å². The second-order valence-electron chi connectivity index (χ2n) is 7.63. The van der Waals surface area contributed by atoms with Gasteiger partial charge >= 0.3 is 0 Å². The molecule has 4 aromatic rings. The minimum atomic E-state index is -0.282. The molecule has 1 aromatic carbocycles. The number of carbonyl (C=O) groups is 1. The van der Waals surface area contributed by atoms with E-state index in [9.17, 15) is 14.0 Å². The summed E-state index contributed by atoms with van der Waals surface area (Å²) in [5.41, 5.74) is 2.27. The molecule has 1 fully saturated rings. The highest BCUT2D eigenvalue weighted by atomic mass is 32.1. The molecule has 4 heterocycles. The Labute approximate surface area is 191 Å². The Kier molecular flexibility index (Phi) is 5.81. The van der Waals surface area contributed by atoms with Crippen LogP contribution in [0.4, 0.5) is 4.39 Å². The lowest BCUT2D eigenvalue weighted by molar-refractivity contribution is -0.132. The van der Waals surface area contributed by atoms with Crippen LogP contribution >= 0.6 is 22.7 Å². The van der Waals surface area contributed by atoms with E-state index in [0.717, 1.165) is 35.0 Å². The van der Waals surface area contributed by atoms with Crippen molar-refractivity contribution in [1.82, 2.24) is 24.2 Å². The number of rotatable bonds is 5. The molecule has 0 saturated carbocycles. The Morgan fingerprint density at radius 3 is 2.59 bits per heavy atom. The summed E-state index contributed by atoms with van der Waals surface area (Å²) in [7, 11) is 0. The summed E-state index contributed by atoms with van der Waals surface area (Å²) in [5.74, 6) is -0.230. The van der Waals surface area contributed by atoms with Crippen LogP contribution in [0.3, 0.4) is 0 Å². The highest BCUT2D eigenvalue weighted by Gasteiger charge is 2.22. The summed E-state index contributed by atoms with van der Waals surface area (Å²) < 4.78 is 14.7. The molecule has 7 nitrogen and oxygen atoms in total. The van der Waals surface area contributed by atoms with E-state index in [2.05, 4.69) is 14.9 Å². The number of halogens is 1. The van der Waals surface area contributed by atoms with Gasteiger partial charge in [0.2, 0.25) is 5.91 Å². The zero-order valence-electron chi connectivity index (χ0n) is 17.1. The van der Waals surface area contributed by atoms with E-state index in [1.165, 1.54) is 34.8 Å². The lowest BCUT2D eigenvalue weighted by Crippen LogP contribution is -2.48. The Balaban J connectivity index is 1.16. The van der Waals surface area contributed by atoms with Crippen molar-refractivity contribution in [2.45, 2.75) is 13.0 Å².